The van der Waals surface area contributed by atoms with Crippen molar-refractivity contribution in [2.24, 2.45) is 0 Å². The molecule has 0 aliphatic heterocycles. The molecule has 26 heavy (non-hydrogen) atoms. The molecule has 128 valence electrons. The van der Waals surface area contributed by atoms with E-state index in [1.54, 1.807) is 36.4 Å². The van der Waals surface area contributed by atoms with E-state index in [4.69, 9.17) is 4.42 Å². The highest BCUT2D eigenvalue weighted by Gasteiger charge is 2.11. The Labute approximate surface area is 148 Å². The average Bonchev–Trinajstić information content (AvgIpc) is 3.33. The smallest absolute Gasteiger partial charge is 0.291 e. The molecule has 0 aliphatic rings. The van der Waals surface area contributed by atoms with Crippen molar-refractivity contribution in [2.45, 2.75) is 0 Å². The summed E-state index contributed by atoms with van der Waals surface area (Å²) in [4.78, 5) is 27.4. The number of hydrogen-bond donors (Lipinski definition) is 3. The third kappa shape index (κ3) is 3.21. The van der Waals surface area contributed by atoms with Crippen LogP contribution < -0.4 is 10.6 Å². The number of aromatic amines is 1. The van der Waals surface area contributed by atoms with Crippen LogP contribution in [0.2, 0.25) is 0 Å². The van der Waals surface area contributed by atoms with Crippen LogP contribution >= 0.6 is 0 Å². The van der Waals surface area contributed by atoms with Crippen LogP contribution in [0.1, 0.15) is 21.0 Å². The molecule has 0 unspecified atom stereocenters. The van der Waals surface area contributed by atoms with Crippen LogP contribution in [0.15, 0.2) is 77.4 Å². The first kappa shape index (κ1) is 15.7. The molecule has 0 atom stereocenters. The van der Waals surface area contributed by atoms with E-state index in [-0.39, 0.29) is 17.6 Å². The summed E-state index contributed by atoms with van der Waals surface area (Å²) in [5.74, 6) is -0.320. The molecule has 4 rings (SSSR count). The minimum atomic E-state index is -0.329. The van der Waals surface area contributed by atoms with Crippen molar-refractivity contribution in [3.8, 4) is 0 Å². The quantitative estimate of drug-likeness (QED) is 0.516. The normalized spacial score (nSPS) is 10.6. The molecule has 0 radical (unpaired) electrons. The lowest BCUT2D eigenvalue weighted by molar-refractivity contribution is 0.0994. The van der Waals surface area contributed by atoms with Crippen molar-refractivity contribution in [2.75, 3.05) is 10.6 Å². The maximum absolute atomic E-state index is 12.4. The predicted molar refractivity (Wildman–Crippen MR) is 99.4 cm³/mol. The van der Waals surface area contributed by atoms with Gasteiger partial charge in [0.1, 0.15) is 5.69 Å². The molecule has 0 spiro atoms. The maximum atomic E-state index is 12.4. The van der Waals surface area contributed by atoms with E-state index in [0.29, 0.717) is 17.1 Å². The van der Waals surface area contributed by atoms with E-state index in [1.165, 1.54) is 6.26 Å². The number of aromatic nitrogens is 1. The first-order valence-corrected chi connectivity index (χ1v) is 8.03. The molecule has 2 aromatic carbocycles. The summed E-state index contributed by atoms with van der Waals surface area (Å²) in [5, 5.41) is 6.53. The standard InChI is InChI=1S/C20H15N3O3/c24-19(17-12-13-4-1-2-5-16(13)23-17)21-14-7-9-15(10-8-14)22-20(25)18-6-3-11-26-18/h1-12,23H,(H,21,24)(H,22,25). The molecular weight excluding hydrogens is 330 g/mol. The van der Waals surface area contributed by atoms with Crippen molar-refractivity contribution in [3.63, 3.8) is 0 Å². The van der Waals surface area contributed by atoms with Crippen molar-refractivity contribution < 1.29 is 14.0 Å². The fraction of sp³-hybridized carbons (Fsp3) is 0. The van der Waals surface area contributed by atoms with Crippen LogP contribution in [0.3, 0.4) is 0 Å². The zero-order chi connectivity index (χ0) is 17.9. The van der Waals surface area contributed by atoms with Gasteiger partial charge in [-0.15, -0.1) is 0 Å². The first-order chi connectivity index (χ1) is 12.7. The number of nitrogens with one attached hydrogen (secondary N) is 3. The van der Waals surface area contributed by atoms with E-state index in [0.717, 1.165) is 10.9 Å². The number of benzene rings is 2. The van der Waals surface area contributed by atoms with Gasteiger partial charge in [0.2, 0.25) is 0 Å². The van der Waals surface area contributed by atoms with E-state index >= 15 is 0 Å². The molecule has 0 saturated heterocycles. The molecule has 6 nitrogen and oxygen atoms in total. The molecule has 3 N–H and O–H groups in total. The summed E-state index contributed by atoms with van der Waals surface area (Å²) in [6.07, 6.45) is 1.44. The zero-order valence-corrected chi connectivity index (χ0v) is 13.7. The van der Waals surface area contributed by atoms with E-state index in [2.05, 4.69) is 15.6 Å². The SMILES string of the molecule is O=C(Nc1ccc(NC(=O)c2ccco2)cc1)c1cc2ccccc2[nH]1. The summed E-state index contributed by atoms with van der Waals surface area (Å²) in [7, 11) is 0. The number of fused-ring (bicyclic) bond motifs is 1. The van der Waals surface area contributed by atoms with Gasteiger partial charge < -0.3 is 20.0 Å². The lowest BCUT2D eigenvalue weighted by Crippen LogP contribution is -2.13. The Bertz CT molecular complexity index is 1030. The lowest BCUT2D eigenvalue weighted by atomic mass is 10.2. The lowest BCUT2D eigenvalue weighted by Gasteiger charge is -2.06. The van der Waals surface area contributed by atoms with Gasteiger partial charge in [0.25, 0.3) is 11.8 Å². The van der Waals surface area contributed by atoms with Crippen molar-refractivity contribution >= 4 is 34.1 Å². The summed E-state index contributed by atoms with van der Waals surface area (Å²) >= 11 is 0. The van der Waals surface area contributed by atoms with E-state index in [9.17, 15) is 9.59 Å². The fourth-order valence-corrected chi connectivity index (χ4v) is 2.63. The van der Waals surface area contributed by atoms with Crippen LogP contribution in [-0.4, -0.2) is 16.8 Å². The monoisotopic (exact) mass is 345 g/mol. The predicted octanol–water partition coefficient (Wildman–Crippen LogP) is 4.27. The fourth-order valence-electron chi connectivity index (χ4n) is 2.63. The van der Waals surface area contributed by atoms with Gasteiger partial charge in [0.15, 0.2) is 5.76 Å². The second-order valence-corrected chi connectivity index (χ2v) is 5.73. The number of para-hydroxylation sites is 1. The minimum Gasteiger partial charge on any atom is -0.459 e. The number of hydrogen-bond acceptors (Lipinski definition) is 3. The number of anilines is 2. The molecule has 2 aromatic heterocycles. The van der Waals surface area contributed by atoms with Crippen LogP contribution in [0.25, 0.3) is 10.9 Å². The van der Waals surface area contributed by atoms with Crippen LogP contribution in [-0.2, 0) is 0 Å². The number of furan rings is 1. The molecule has 0 saturated carbocycles. The van der Waals surface area contributed by atoms with Gasteiger partial charge in [-0.2, -0.15) is 0 Å². The van der Waals surface area contributed by atoms with E-state index < -0.39 is 0 Å². The molecule has 2 amide bonds. The second kappa shape index (κ2) is 6.60. The molecule has 2 heterocycles. The van der Waals surface area contributed by atoms with Gasteiger partial charge in [-0.05, 0) is 48.5 Å². The molecular formula is C20H15N3O3. The van der Waals surface area contributed by atoms with Gasteiger partial charge in [-0.1, -0.05) is 18.2 Å². The Morgan fingerprint density at radius 1 is 0.808 bits per heavy atom. The summed E-state index contributed by atoms with van der Waals surface area (Å²) in [5.41, 5.74) is 2.63. The number of carbonyl (C=O) groups excluding carboxylic acids is 2. The Hall–Kier alpha value is -3.80. The number of amides is 2. The number of rotatable bonds is 4. The molecule has 0 aliphatic carbocycles. The minimum absolute atomic E-state index is 0.228. The van der Waals surface area contributed by atoms with Gasteiger partial charge in [0, 0.05) is 22.3 Å². The van der Waals surface area contributed by atoms with Gasteiger partial charge in [-0.25, -0.2) is 0 Å². The molecule has 4 aromatic rings. The van der Waals surface area contributed by atoms with Gasteiger partial charge in [-0.3, -0.25) is 9.59 Å². The van der Waals surface area contributed by atoms with Gasteiger partial charge in [0.05, 0.1) is 6.26 Å². The first-order valence-electron chi connectivity index (χ1n) is 8.03. The third-order valence-electron chi connectivity index (χ3n) is 3.92. The summed E-state index contributed by atoms with van der Waals surface area (Å²) in [6, 6.07) is 19.6. The Morgan fingerprint density at radius 2 is 1.50 bits per heavy atom. The Kier molecular flexibility index (Phi) is 3.99. The highest BCUT2D eigenvalue weighted by molar-refractivity contribution is 6.06. The maximum Gasteiger partial charge on any atom is 0.291 e. The second-order valence-electron chi connectivity index (χ2n) is 5.73. The summed E-state index contributed by atoms with van der Waals surface area (Å²) < 4.78 is 5.05. The molecule has 6 heteroatoms. The van der Waals surface area contributed by atoms with Crippen LogP contribution in [0.4, 0.5) is 11.4 Å². The topological polar surface area (TPSA) is 87.1 Å². The number of H-pyrrole nitrogens is 1. The zero-order valence-electron chi connectivity index (χ0n) is 13.7. The van der Waals surface area contributed by atoms with Crippen molar-refractivity contribution in [1.82, 2.24) is 4.98 Å². The molecule has 0 fully saturated rings. The van der Waals surface area contributed by atoms with Crippen LogP contribution in [0, 0.1) is 0 Å². The Morgan fingerprint density at radius 3 is 2.15 bits per heavy atom. The highest BCUT2D eigenvalue weighted by Crippen LogP contribution is 2.18. The average molecular weight is 345 g/mol. The van der Waals surface area contributed by atoms with Gasteiger partial charge >= 0.3 is 0 Å². The number of carbonyl (C=O) groups is 2. The summed E-state index contributed by atoms with van der Waals surface area (Å²) in [6.45, 7) is 0. The third-order valence-corrected chi connectivity index (χ3v) is 3.92. The Balaban J connectivity index is 1.43. The highest BCUT2D eigenvalue weighted by atomic mass is 16.3. The van der Waals surface area contributed by atoms with Crippen molar-refractivity contribution in [1.29, 1.82) is 0 Å². The largest absolute Gasteiger partial charge is 0.459 e. The van der Waals surface area contributed by atoms with E-state index in [1.807, 2.05) is 30.3 Å². The van der Waals surface area contributed by atoms with Crippen LogP contribution in [0.5, 0.6) is 0 Å². The molecule has 0 bridgehead atoms. The van der Waals surface area contributed by atoms with Crippen molar-refractivity contribution in [3.05, 3.63) is 84.4 Å².